The lowest BCUT2D eigenvalue weighted by atomic mass is 10.0. The number of piperazine rings is 1. The van der Waals surface area contributed by atoms with Crippen molar-refractivity contribution in [2.75, 3.05) is 45.8 Å². The van der Waals surface area contributed by atoms with Crippen LogP contribution in [0.4, 0.5) is 0 Å². The number of nitrogens with zero attached hydrogens (tertiary/aromatic N) is 1. The van der Waals surface area contributed by atoms with E-state index in [2.05, 4.69) is 17.4 Å². The highest BCUT2D eigenvalue weighted by Crippen LogP contribution is 2.18. The number of nitrogens with two attached hydrogens (primary N) is 1. The Kier molecular flexibility index (Phi) is 7.84. The summed E-state index contributed by atoms with van der Waals surface area (Å²) in [6, 6.07) is 13.9. The van der Waals surface area contributed by atoms with E-state index in [0.29, 0.717) is 26.2 Å². The van der Waals surface area contributed by atoms with Crippen LogP contribution in [0.5, 0.6) is 0 Å². The molecule has 1 aromatic carbocycles. The molecule has 1 saturated heterocycles. The number of hydrogen-bond donors (Lipinski definition) is 3. The third kappa shape index (κ3) is 6.17. The van der Waals surface area contributed by atoms with Gasteiger partial charge in [-0.1, -0.05) is 37.3 Å². The number of benzene rings is 1. The van der Waals surface area contributed by atoms with E-state index in [1.807, 2.05) is 47.5 Å². The monoisotopic (exact) mass is 400 g/mol. The first-order valence-corrected chi connectivity index (χ1v) is 10.5. The molecule has 1 atom stereocenters. The van der Waals surface area contributed by atoms with Gasteiger partial charge in [-0.2, -0.15) is 0 Å². The highest BCUT2D eigenvalue weighted by atomic mass is 16.3. The third-order valence-electron chi connectivity index (χ3n) is 5.34. The van der Waals surface area contributed by atoms with Gasteiger partial charge in [0.25, 0.3) is 11.8 Å². The molecule has 2 aromatic rings. The number of quaternary nitrogens is 2. The summed E-state index contributed by atoms with van der Waals surface area (Å²) in [5.41, 5.74) is 1.11. The first kappa shape index (κ1) is 21.1. The quantitative estimate of drug-likeness (QED) is 0.515. The lowest BCUT2D eigenvalue weighted by Gasteiger charge is -2.31. The van der Waals surface area contributed by atoms with Crippen LogP contribution in [0.25, 0.3) is 0 Å². The van der Waals surface area contributed by atoms with Crippen molar-refractivity contribution in [3.05, 3.63) is 60.1 Å². The molecule has 0 aliphatic carbocycles. The van der Waals surface area contributed by atoms with E-state index in [9.17, 15) is 9.59 Å². The summed E-state index contributed by atoms with van der Waals surface area (Å²) in [6.45, 7) is 6.64. The topological polar surface area (TPSA) is 83.6 Å². The van der Waals surface area contributed by atoms with E-state index in [1.54, 1.807) is 6.26 Å². The molecule has 3 rings (SSSR count). The van der Waals surface area contributed by atoms with Crippen LogP contribution in [0.3, 0.4) is 0 Å². The van der Waals surface area contributed by atoms with Gasteiger partial charge in [-0.3, -0.25) is 9.59 Å². The molecule has 4 N–H and O–H groups in total. The first-order valence-electron chi connectivity index (χ1n) is 10.5. The molecule has 2 heterocycles. The summed E-state index contributed by atoms with van der Waals surface area (Å²) in [6.07, 6.45) is 2.61. The SMILES string of the molecule is CCCNC(=O)C[NH+]1CCN(C(=O)C[NH2+][C@H](c2ccccc2)c2ccco2)CC1. The molecule has 0 radical (unpaired) electrons. The Morgan fingerprint density at radius 3 is 2.59 bits per heavy atom. The van der Waals surface area contributed by atoms with E-state index < -0.39 is 0 Å². The van der Waals surface area contributed by atoms with Crippen LogP contribution in [0.2, 0.25) is 0 Å². The van der Waals surface area contributed by atoms with Gasteiger partial charge < -0.3 is 24.9 Å². The zero-order valence-corrected chi connectivity index (χ0v) is 17.1. The Labute approximate surface area is 172 Å². The van der Waals surface area contributed by atoms with Crippen molar-refractivity contribution in [1.82, 2.24) is 10.2 Å². The van der Waals surface area contributed by atoms with Crippen molar-refractivity contribution in [2.24, 2.45) is 0 Å². The molecule has 1 aliphatic heterocycles. The molecule has 0 saturated carbocycles. The number of carbonyl (C=O) groups is 2. The number of carbonyl (C=O) groups excluding carboxylic acids is 2. The Hall–Kier alpha value is -2.64. The van der Waals surface area contributed by atoms with Crippen molar-refractivity contribution in [3.63, 3.8) is 0 Å². The third-order valence-corrected chi connectivity index (χ3v) is 5.34. The van der Waals surface area contributed by atoms with Crippen molar-refractivity contribution in [3.8, 4) is 0 Å². The predicted octanol–water partition coefficient (Wildman–Crippen LogP) is -0.814. The Balaban J connectivity index is 1.48. The van der Waals surface area contributed by atoms with Crippen molar-refractivity contribution < 1.29 is 24.2 Å². The lowest BCUT2D eigenvalue weighted by Crippen LogP contribution is -3.16. The van der Waals surface area contributed by atoms with Gasteiger partial charge in [-0.15, -0.1) is 0 Å². The van der Waals surface area contributed by atoms with Gasteiger partial charge >= 0.3 is 0 Å². The highest BCUT2D eigenvalue weighted by Gasteiger charge is 2.27. The standard InChI is InChI=1S/C22H30N4O3/c1-2-10-23-20(27)17-25-11-13-26(14-12-25)21(28)16-24-22(19-9-6-15-29-19)18-7-4-3-5-8-18/h3-9,15,22,24H,2,10-14,16-17H2,1H3,(H,23,27)/p+2/t22-/m1/s1. The van der Waals surface area contributed by atoms with Gasteiger partial charge in [0.05, 0.1) is 32.4 Å². The van der Waals surface area contributed by atoms with Crippen molar-refractivity contribution in [1.29, 1.82) is 0 Å². The molecule has 29 heavy (non-hydrogen) atoms. The second-order valence-corrected chi connectivity index (χ2v) is 7.50. The van der Waals surface area contributed by atoms with Crippen molar-refractivity contribution in [2.45, 2.75) is 19.4 Å². The second kappa shape index (κ2) is 10.8. The number of nitrogens with one attached hydrogen (secondary N) is 2. The summed E-state index contributed by atoms with van der Waals surface area (Å²) < 4.78 is 5.61. The Morgan fingerprint density at radius 2 is 1.93 bits per heavy atom. The zero-order valence-electron chi connectivity index (χ0n) is 17.1. The average molecular weight is 401 g/mol. The summed E-state index contributed by atoms with van der Waals surface area (Å²) in [7, 11) is 0. The molecule has 0 bridgehead atoms. The van der Waals surface area contributed by atoms with Crippen LogP contribution in [-0.2, 0) is 9.59 Å². The number of furan rings is 1. The van der Waals surface area contributed by atoms with Gasteiger partial charge in [0, 0.05) is 12.1 Å². The summed E-state index contributed by atoms with van der Waals surface area (Å²) >= 11 is 0. The van der Waals surface area contributed by atoms with Gasteiger partial charge in [-0.05, 0) is 18.6 Å². The Bertz CT molecular complexity index is 756. The maximum atomic E-state index is 12.7. The summed E-state index contributed by atoms with van der Waals surface area (Å²) in [5.74, 6) is 1.07. The number of amides is 2. The van der Waals surface area contributed by atoms with Gasteiger partial charge in [0.1, 0.15) is 0 Å². The smallest absolute Gasteiger partial charge is 0.278 e. The Morgan fingerprint density at radius 1 is 1.17 bits per heavy atom. The fraction of sp³-hybridized carbons (Fsp3) is 0.455. The highest BCUT2D eigenvalue weighted by molar-refractivity contribution is 5.77. The number of hydrogen-bond acceptors (Lipinski definition) is 3. The normalized spacial score (nSPS) is 15.8. The second-order valence-electron chi connectivity index (χ2n) is 7.50. The summed E-state index contributed by atoms with van der Waals surface area (Å²) in [4.78, 5) is 27.8. The van der Waals surface area contributed by atoms with E-state index in [-0.39, 0.29) is 17.9 Å². The largest absolute Gasteiger partial charge is 0.463 e. The van der Waals surface area contributed by atoms with Crippen LogP contribution in [0.15, 0.2) is 53.1 Å². The number of rotatable bonds is 9. The van der Waals surface area contributed by atoms with Gasteiger partial charge in [0.2, 0.25) is 0 Å². The predicted molar refractivity (Wildman–Crippen MR) is 109 cm³/mol. The molecule has 7 heteroatoms. The van der Waals surface area contributed by atoms with Crippen LogP contribution < -0.4 is 15.5 Å². The van der Waals surface area contributed by atoms with Crippen molar-refractivity contribution >= 4 is 11.8 Å². The molecule has 0 unspecified atom stereocenters. The van der Waals surface area contributed by atoms with Crippen LogP contribution in [-0.4, -0.2) is 62.5 Å². The molecule has 1 fully saturated rings. The first-order chi connectivity index (χ1) is 14.2. The van der Waals surface area contributed by atoms with Crippen LogP contribution in [0, 0.1) is 0 Å². The fourth-order valence-electron chi connectivity index (χ4n) is 3.70. The zero-order chi connectivity index (χ0) is 20.5. The van der Waals surface area contributed by atoms with Crippen LogP contribution in [0.1, 0.15) is 30.7 Å². The van der Waals surface area contributed by atoms with E-state index >= 15 is 0 Å². The fourth-order valence-corrected chi connectivity index (χ4v) is 3.70. The minimum absolute atomic E-state index is 0.0377. The van der Waals surface area contributed by atoms with Gasteiger partial charge in [0.15, 0.2) is 24.9 Å². The summed E-state index contributed by atoms with van der Waals surface area (Å²) in [5, 5.41) is 4.96. The van der Waals surface area contributed by atoms with Gasteiger partial charge in [-0.25, -0.2) is 0 Å². The molecule has 1 aromatic heterocycles. The lowest BCUT2D eigenvalue weighted by molar-refractivity contribution is -0.896. The minimum atomic E-state index is -0.0377. The molecule has 0 spiro atoms. The maximum Gasteiger partial charge on any atom is 0.278 e. The van der Waals surface area contributed by atoms with Crippen LogP contribution >= 0.6 is 0 Å². The molecule has 156 valence electrons. The van der Waals surface area contributed by atoms with E-state index in [0.717, 1.165) is 37.4 Å². The molecule has 2 amide bonds. The maximum absolute atomic E-state index is 12.7. The molecular formula is C22H32N4O3+2. The minimum Gasteiger partial charge on any atom is -0.463 e. The molecule has 7 nitrogen and oxygen atoms in total. The molecule has 1 aliphatic rings. The average Bonchev–Trinajstić information content (AvgIpc) is 3.28. The van der Waals surface area contributed by atoms with E-state index in [1.165, 1.54) is 4.90 Å². The molecular weight excluding hydrogens is 368 g/mol. The van der Waals surface area contributed by atoms with E-state index in [4.69, 9.17) is 4.42 Å².